The van der Waals surface area contributed by atoms with Gasteiger partial charge in [-0.05, 0) is 78.6 Å². The van der Waals surface area contributed by atoms with Crippen molar-refractivity contribution in [3.8, 4) is 5.69 Å². The molecule has 0 spiro atoms. The molecule has 0 fully saturated rings. The number of nitrogens with zero attached hydrogens (tertiary/aromatic N) is 4. The molecule has 0 bridgehead atoms. The number of benzene rings is 6. The maximum atomic E-state index is 5.11. The summed E-state index contributed by atoms with van der Waals surface area (Å²) in [5, 5.41) is 4.67. The molecule has 0 aliphatic carbocycles. The topological polar surface area (TPSA) is 34.6 Å². The average molecular weight is 737 g/mol. The van der Waals surface area contributed by atoms with E-state index in [1.54, 1.807) is 0 Å². The molecular weight excluding hydrogens is 693 g/mol. The quantitative estimate of drug-likeness (QED) is 0.0761. The number of hydrogen-bond donors (Lipinski definition) is 0. The van der Waals surface area contributed by atoms with E-state index in [-0.39, 0.29) is 0 Å². The highest BCUT2D eigenvalue weighted by Gasteiger charge is 2.26. The normalized spacial score (nSPS) is 12.9. The first kappa shape index (κ1) is 36.7. The Bertz CT molecular complexity index is 3000. The van der Waals surface area contributed by atoms with Gasteiger partial charge in [-0.15, -0.1) is 0 Å². The van der Waals surface area contributed by atoms with Crippen LogP contribution in [0.4, 0.5) is 0 Å². The van der Waals surface area contributed by atoms with E-state index < -0.39 is 0 Å². The van der Waals surface area contributed by atoms with Crippen LogP contribution in [0.15, 0.2) is 194 Å². The van der Waals surface area contributed by atoms with Gasteiger partial charge in [-0.3, -0.25) is 0 Å². The molecule has 8 aromatic rings. The fraction of sp³-hybridized carbons (Fsp3) is 0.0566. The molecule has 57 heavy (non-hydrogen) atoms. The molecule has 0 amide bonds. The van der Waals surface area contributed by atoms with Gasteiger partial charge in [0, 0.05) is 39.0 Å². The first-order chi connectivity index (χ1) is 28.0. The van der Waals surface area contributed by atoms with E-state index in [0.29, 0.717) is 11.5 Å². The molecule has 4 nitrogen and oxygen atoms in total. The zero-order valence-corrected chi connectivity index (χ0v) is 32.7. The van der Waals surface area contributed by atoms with Crippen LogP contribution in [0.3, 0.4) is 0 Å². The third kappa shape index (κ3) is 6.51. The minimum atomic E-state index is 0.615. The standard InChI is InChI=1S/C53H44N4/c1-7-21-41(22-8-2)57-50-46(23-9-3)43(10-4)44-28-17-18-29-45(44)49(50)52-51(57)47-30-19-20-31-48(47)56(52)42-34-32-39(33-35-42)37(6)55-53(40-26-15-12-16-27-40)54-36(5)38-24-13-11-14-25-38/h7-35H,1,4-5H2,2-3,6H3/b22-8-,23-9-,41-21+,54-53?,55-37?. The molecule has 8 rings (SSSR count). The van der Waals surface area contributed by atoms with Crippen LogP contribution in [0.25, 0.3) is 72.8 Å². The molecule has 2 heterocycles. The Morgan fingerprint density at radius 3 is 1.88 bits per heavy atom. The summed E-state index contributed by atoms with van der Waals surface area (Å²) in [6, 6.07) is 46.2. The molecule has 0 saturated heterocycles. The SMILES string of the molecule is C=C/C=C(\C=C/C)n1c2c(/C=C\C)c(C=C)c3ccccc3c2c2c1c1ccccc1n2-c1ccc(C(C)=NC(=NC(=C)c2ccccc2)c2ccccc2)cc1. The highest BCUT2D eigenvalue weighted by atomic mass is 15.1. The molecule has 2 aromatic heterocycles. The van der Waals surface area contributed by atoms with Gasteiger partial charge >= 0.3 is 0 Å². The Hall–Kier alpha value is -7.30. The van der Waals surface area contributed by atoms with Gasteiger partial charge in [0.2, 0.25) is 0 Å². The van der Waals surface area contributed by atoms with Gasteiger partial charge in [0.15, 0.2) is 5.84 Å². The maximum Gasteiger partial charge on any atom is 0.160 e. The van der Waals surface area contributed by atoms with Crippen molar-refractivity contribution in [2.24, 2.45) is 9.98 Å². The lowest BCUT2D eigenvalue weighted by atomic mass is 9.94. The molecule has 0 aliphatic heterocycles. The molecule has 276 valence electrons. The highest BCUT2D eigenvalue weighted by Crippen LogP contribution is 2.46. The predicted molar refractivity (Wildman–Crippen MR) is 249 cm³/mol. The van der Waals surface area contributed by atoms with Crippen molar-refractivity contribution < 1.29 is 0 Å². The number of amidine groups is 1. The monoisotopic (exact) mass is 736 g/mol. The summed E-state index contributed by atoms with van der Waals surface area (Å²) in [4.78, 5) is 10.1. The number of para-hydroxylation sites is 1. The average Bonchev–Trinajstić information content (AvgIpc) is 3.77. The predicted octanol–water partition coefficient (Wildman–Crippen LogP) is 14.1. The first-order valence-corrected chi connectivity index (χ1v) is 19.3. The molecule has 4 heteroatoms. The largest absolute Gasteiger partial charge is 0.307 e. The van der Waals surface area contributed by atoms with Crippen molar-refractivity contribution >= 4 is 78.7 Å². The van der Waals surface area contributed by atoms with Crippen LogP contribution in [0.2, 0.25) is 0 Å². The number of rotatable bonds is 10. The summed E-state index contributed by atoms with van der Waals surface area (Å²) in [7, 11) is 0. The highest BCUT2D eigenvalue weighted by molar-refractivity contribution is 6.30. The lowest BCUT2D eigenvalue weighted by molar-refractivity contribution is 1.18. The summed E-state index contributed by atoms with van der Waals surface area (Å²) in [6.07, 6.45) is 14.5. The summed E-state index contributed by atoms with van der Waals surface area (Å²) >= 11 is 0. The third-order valence-electron chi connectivity index (χ3n) is 10.4. The van der Waals surface area contributed by atoms with E-state index in [2.05, 4.69) is 146 Å². The van der Waals surface area contributed by atoms with Crippen LogP contribution in [0.5, 0.6) is 0 Å². The second-order valence-corrected chi connectivity index (χ2v) is 13.9. The van der Waals surface area contributed by atoms with Gasteiger partial charge in [-0.2, -0.15) is 0 Å². The zero-order chi connectivity index (χ0) is 39.5. The van der Waals surface area contributed by atoms with Crippen molar-refractivity contribution in [3.05, 3.63) is 211 Å². The molecule has 0 radical (unpaired) electrons. The fourth-order valence-corrected chi connectivity index (χ4v) is 7.95. The van der Waals surface area contributed by atoms with Gasteiger partial charge in [-0.25, -0.2) is 9.98 Å². The fourth-order valence-electron chi connectivity index (χ4n) is 7.95. The molecular formula is C53H44N4. The molecule has 0 aliphatic rings. The number of hydrogen-bond acceptors (Lipinski definition) is 1. The summed E-state index contributed by atoms with van der Waals surface area (Å²) < 4.78 is 4.83. The second-order valence-electron chi connectivity index (χ2n) is 13.9. The Balaban J connectivity index is 1.39. The second kappa shape index (κ2) is 15.8. The smallest absolute Gasteiger partial charge is 0.160 e. The van der Waals surface area contributed by atoms with Crippen LogP contribution in [0, 0.1) is 0 Å². The van der Waals surface area contributed by atoms with Crippen molar-refractivity contribution in [2.75, 3.05) is 0 Å². The zero-order valence-electron chi connectivity index (χ0n) is 32.7. The van der Waals surface area contributed by atoms with E-state index in [1.807, 2.05) is 79.7 Å². The van der Waals surface area contributed by atoms with Crippen LogP contribution in [-0.2, 0) is 0 Å². The van der Waals surface area contributed by atoms with Crippen molar-refractivity contribution in [2.45, 2.75) is 20.8 Å². The summed E-state index contributed by atoms with van der Waals surface area (Å²) in [5.41, 5.74) is 13.2. The summed E-state index contributed by atoms with van der Waals surface area (Å²) in [6.45, 7) is 18.9. The molecule has 0 unspecified atom stereocenters. The number of aromatic nitrogens is 2. The first-order valence-electron chi connectivity index (χ1n) is 19.3. The molecule has 0 N–H and O–H groups in total. The Kier molecular flexibility index (Phi) is 10.2. The van der Waals surface area contributed by atoms with Gasteiger partial charge in [0.25, 0.3) is 0 Å². The number of aliphatic imine (C=N–C) groups is 2. The van der Waals surface area contributed by atoms with Crippen LogP contribution in [0.1, 0.15) is 48.6 Å². The molecule has 0 atom stereocenters. The van der Waals surface area contributed by atoms with Gasteiger partial charge in [0.1, 0.15) is 0 Å². The minimum absolute atomic E-state index is 0.615. The third-order valence-corrected chi connectivity index (χ3v) is 10.4. The van der Waals surface area contributed by atoms with Crippen molar-refractivity contribution in [3.63, 3.8) is 0 Å². The van der Waals surface area contributed by atoms with E-state index >= 15 is 0 Å². The van der Waals surface area contributed by atoms with Gasteiger partial charge in [0.05, 0.1) is 27.8 Å². The number of fused-ring (bicyclic) bond motifs is 7. The van der Waals surface area contributed by atoms with E-state index in [9.17, 15) is 0 Å². The van der Waals surface area contributed by atoms with E-state index in [0.717, 1.165) is 77.8 Å². The van der Waals surface area contributed by atoms with Gasteiger partial charge < -0.3 is 9.13 Å². The number of allylic oxidation sites excluding steroid dienone is 6. The maximum absolute atomic E-state index is 5.11. The van der Waals surface area contributed by atoms with Crippen LogP contribution < -0.4 is 0 Å². The Labute approximate surface area is 334 Å². The van der Waals surface area contributed by atoms with Crippen molar-refractivity contribution in [1.29, 1.82) is 0 Å². The van der Waals surface area contributed by atoms with Crippen molar-refractivity contribution in [1.82, 2.24) is 9.13 Å². The Morgan fingerprint density at radius 2 is 1.23 bits per heavy atom. The molecule has 6 aromatic carbocycles. The van der Waals surface area contributed by atoms with E-state index in [1.165, 1.54) is 10.8 Å². The summed E-state index contributed by atoms with van der Waals surface area (Å²) in [5.74, 6) is 0.615. The van der Waals surface area contributed by atoms with Crippen LogP contribution >= 0.6 is 0 Å². The van der Waals surface area contributed by atoms with Crippen LogP contribution in [-0.4, -0.2) is 20.7 Å². The molecule has 0 saturated carbocycles. The van der Waals surface area contributed by atoms with Gasteiger partial charge in [-0.1, -0.05) is 165 Å². The lowest BCUT2D eigenvalue weighted by Crippen LogP contribution is -2.04. The van der Waals surface area contributed by atoms with E-state index in [4.69, 9.17) is 9.98 Å². The lowest BCUT2D eigenvalue weighted by Gasteiger charge is -2.16. The Morgan fingerprint density at radius 1 is 0.596 bits per heavy atom. The minimum Gasteiger partial charge on any atom is -0.307 e.